The van der Waals surface area contributed by atoms with Gasteiger partial charge in [-0.1, -0.05) is 123 Å². The molecule has 0 N–H and O–H groups in total. The van der Waals surface area contributed by atoms with Crippen LogP contribution in [0.2, 0.25) is 12.1 Å². The minimum absolute atomic E-state index is 1.22. The highest BCUT2D eigenvalue weighted by atomic mass is 28.3. The molecular formula is C28H26Si. The van der Waals surface area contributed by atoms with E-state index in [1.54, 1.807) is 10.4 Å². The average Bonchev–Trinajstić information content (AvgIpc) is 2.80. The number of rotatable bonds is 4. The van der Waals surface area contributed by atoms with E-state index < -0.39 is 8.07 Å². The Bertz CT molecular complexity index is 1190. The van der Waals surface area contributed by atoms with Crippen molar-refractivity contribution >= 4 is 34.8 Å². The molecule has 0 saturated carbocycles. The van der Waals surface area contributed by atoms with Gasteiger partial charge in [-0.15, -0.1) is 0 Å². The van der Waals surface area contributed by atoms with Crippen LogP contribution in [0, 0.1) is 0 Å². The number of hydrogen-bond donors (Lipinski definition) is 0. The third-order valence-electron chi connectivity index (χ3n) is 6.75. The molecule has 0 unspecified atom stereocenters. The fourth-order valence-corrected chi connectivity index (χ4v) is 10.3. The van der Waals surface area contributed by atoms with E-state index in [0.29, 0.717) is 0 Å². The Kier molecular flexibility index (Phi) is 4.48. The molecule has 0 fully saturated rings. The molecule has 0 aliphatic carbocycles. The van der Waals surface area contributed by atoms with Gasteiger partial charge >= 0.3 is 0 Å². The van der Waals surface area contributed by atoms with Crippen molar-refractivity contribution in [1.82, 2.24) is 0 Å². The van der Waals surface area contributed by atoms with Gasteiger partial charge in [0.15, 0.2) is 0 Å². The molecule has 29 heavy (non-hydrogen) atoms. The molecule has 1 heteroatoms. The standard InChI is InChI=1S/C28H26Si/c1-3-29(4-2)25-20-12-18-21-17-11-19-24(26(21)25)27(22-13-7-5-8-14-22)28(29)23-15-9-6-10-16-23/h5-20H,3-4H2,1-2H3. The van der Waals surface area contributed by atoms with Gasteiger partial charge in [0.2, 0.25) is 0 Å². The Hall–Kier alpha value is -2.90. The van der Waals surface area contributed by atoms with E-state index in [1.165, 1.54) is 45.1 Å². The van der Waals surface area contributed by atoms with Crippen LogP contribution in [0.1, 0.15) is 30.5 Å². The molecule has 1 aliphatic rings. The van der Waals surface area contributed by atoms with Crippen LogP contribution in [0.3, 0.4) is 0 Å². The lowest BCUT2D eigenvalue weighted by Gasteiger charge is -2.40. The van der Waals surface area contributed by atoms with E-state index in [2.05, 4.69) is 111 Å². The van der Waals surface area contributed by atoms with Crippen molar-refractivity contribution < 1.29 is 0 Å². The first-order chi connectivity index (χ1) is 14.3. The Morgan fingerprint density at radius 3 is 1.79 bits per heavy atom. The summed E-state index contributed by atoms with van der Waals surface area (Å²) >= 11 is 0. The fourth-order valence-electron chi connectivity index (χ4n) is 5.37. The quantitative estimate of drug-likeness (QED) is 0.328. The van der Waals surface area contributed by atoms with E-state index in [-0.39, 0.29) is 0 Å². The summed E-state index contributed by atoms with van der Waals surface area (Å²) < 4.78 is 0. The number of hydrogen-bond acceptors (Lipinski definition) is 0. The van der Waals surface area contributed by atoms with Gasteiger partial charge in [-0.2, -0.15) is 0 Å². The summed E-state index contributed by atoms with van der Waals surface area (Å²) in [5.41, 5.74) is 5.59. The van der Waals surface area contributed by atoms with Crippen molar-refractivity contribution in [2.45, 2.75) is 25.9 Å². The van der Waals surface area contributed by atoms with Crippen molar-refractivity contribution in [3.63, 3.8) is 0 Å². The molecule has 142 valence electrons. The summed E-state index contributed by atoms with van der Waals surface area (Å²) in [5.74, 6) is 0. The molecule has 0 spiro atoms. The average molecular weight is 391 g/mol. The zero-order valence-electron chi connectivity index (χ0n) is 17.2. The first kappa shape index (κ1) is 18.1. The maximum atomic E-state index is 2.43. The second-order valence-electron chi connectivity index (χ2n) is 7.98. The third kappa shape index (κ3) is 2.65. The van der Waals surface area contributed by atoms with E-state index in [0.717, 1.165) is 0 Å². The summed E-state index contributed by atoms with van der Waals surface area (Å²) in [6.07, 6.45) is 0. The van der Waals surface area contributed by atoms with Gasteiger partial charge in [0.25, 0.3) is 0 Å². The molecular weight excluding hydrogens is 364 g/mol. The van der Waals surface area contributed by atoms with Crippen LogP contribution in [-0.4, -0.2) is 8.07 Å². The van der Waals surface area contributed by atoms with Crippen molar-refractivity contribution in [2.75, 3.05) is 0 Å². The van der Waals surface area contributed by atoms with Crippen LogP contribution in [0.25, 0.3) is 21.5 Å². The van der Waals surface area contributed by atoms with Crippen LogP contribution >= 0.6 is 0 Å². The molecule has 0 bridgehead atoms. The van der Waals surface area contributed by atoms with E-state index in [1.807, 2.05) is 0 Å². The van der Waals surface area contributed by atoms with Gasteiger partial charge in [0.1, 0.15) is 8.07 Å². The van der Waals surface area contributed by atoms with Gasteiger partial charge in [-0.05, 0) is 43.4 Å². The third-order valence-corrected chi connectivity index (χ3v) is 12.1. The fraction of sp³-hybridized carbons (Fsp3) is 0.143. The van der Waals surface area contributed by atoms with Gasteiger partial charge in [0.05, 0.1) is 0 Å². The second kappa shape index (κ2) is 7.17. The molecule has 0 atom stereocenters. The molecule has 1 heterocycles. The maximum absolute atomic E-state index is 2.43. The van der Waals surface area contributed by atoms with Crippen LogP contribution in [-0.2, 0) is 0 Å². The van der Waals surface area contributed by atoms with Crippen molar-refractivity contribution in [1.29, 1.82) is 0 Å². The summed E-state index contributed by atoms with van der Waals surface area (Å²) in [4.78, 5) is 0. The first-order valence-electron chi connectivity index (χ1n) is 10.7. The summed E-state index contributed by atoms with van der Waals surface area (Å²) in [6.45, 7) is 4.82. The molecule has 0 radical (unpaired) electrons. The Morgan fingerprint density at radius 1 is 0.586 bits per heavy atom. The largest absolute Gasteiger partial charge is 0.120 e. The van der Waals surface area contributed by atoms with Crippen molar-refractivity contribution in [3.05, 3.63) is 114 Å². The van der Waals surface area contributed by atoms with Gasteiger partial charge in [-0.3, -0.25) is 0 Å². The zero-order chi connectivity index (χ0) is 19.8. The molecule has 4 aromatic carbocycles. The molecule has 0 aromatic heterocycles. The summed E-state index contributed by atoms with van der Waals surface area (Å²) in [6, 6.07) is 38.4. The summed E-state index contributed by atoms with van der Waals surface area (Å²) in [5, 5.41) is 6.10. The van der Waals surface area contributed by atoms with Crippen molar-refractivity contribution in [3.8, 4) is 0 Å². The molecule has 0 nitrogen and oxygen atoms in total. The predicted octanol–water partition coefficient (Wildman–Crippen LogP) is 7.05. The van der Waals surface area contributed by atoms with Gasteiger partial charge in [0, 0.05) is 0 Å². The predicted molar refractivity (Wildman–Crippen MR) is 129 cm³/mol. The lowest BCUT2D eigenvalue weighted by Crippen LogP contribution is -2.50. The zero-order valence-corrected chi connectivity index (χ0v) is 18.2. The molecule has 4 aromatic rings. The monoisotopic (exact) mass is 390 g/mol. The van der Waals surface area contributed by atoms with Crippen LogP contribution < -0.4 is 5.19 Å². The minimum atomic E-state index is -1.92. The Labute approximate surface area is 174 Å². The lowest BCUT2D eigenvalue weighted by atomic mass is 9.91. The number of benzene rings is 4. The SMILES string of the molecule is CC[Si]1(CC)C(c2ccccc2)=C(c2ccccc2)c2cccc3cccc1c23. The van der Waals surface area contributed by atoms with Crippen molar-refractivity contribution in [2.24, 2.45) is 0 Å². The first-order valence-corrected chi connectivity index (χ1v) is 13.1. The highest BCUT2D eigenvalue weighted by molar-refractivity contribution is 7.09. The van der Waals surface area contributed by atoms with E-state index in [4.69, 9.17) is 0 Å². The lowest BCUT2D eigenvalue weighted by molar-refractivity contribution is 1.29. The topological polar surface area (TPSA) is 0 Å². The smallest absolute Gasteiger partial charge is 0.0672 e. The molecule has 5 rings (SSSR count). The minimum Gasteiger partial charge on any atom is -0.0672 e. The van der Waals surface area contributed by atoms with Gasteiger partial charge < -0.3 is 0 Å². The highest BCUT2D eigenvalue weighted by Crippen LogP contribution is 2.46. The summed E-state index contributed by atoms with van der Waals surface area (Å²) in [7, 11) is -1.92. The van der Waals surface area contributed by atoms with E-state index >= 15 is 0 Å². The maximum Gasteiger partial charge on any atom is 0.120 e. The second-order valence-corrected chi connectivity index (χ2v) is 12.6. The Balaban J connectivity index is 2.02. The molecule has 0 saturated heterocycles. The van der Waals surface area contributed by atoms with Crippen LogP contribution in [0.5, 0.6) is 0 Å². The normalized spacial score (nSPS) is 15.0. The molecule has 1 aliphatic heterocycles. The van der Waals surface area contributed by atoms with Gasteiger partial charge in [-0.25, -0.2) is 0 Å². The van der Waals surface area contributed by atoms with E-state index in [9.17, 15) is 0 Å². The van der Waals surface area contributed by atoms with Crippen LogP contribution in [0.4, 0.5) is 0 Å². The highest BCUT2D eigenvalue weighted by Gasteiger charge is 2.43. The van der Waals surface area contributed by atoms with Crippen LogP contribution in [0.15, 0.2) is 97.1 Å². The Morgan fingerprint density at radius 2 is 1.17 bits per heavy atom. The molecule has 0 amide bonds.